The van der Waals surface area contributed by atoms with Crippen molar-refractivity contribution in [3.05, 3.63) is 90.1 Å². The van der Waals surface area contributed by atoms with Crippen molar-refractivity contribution in [2.45, 2.75) is 148 Å². The van der Waals surface area contributed by atoms with Crippen molar-refractivity contribution in [1.29, 1.82) is 0 Å². The fourth-order valence-electron chi connectivity index (χ4n) is 8.46. The first-order valence-corrected chi connectivity index (χ1v) is 26.2. The number of aromatic nitrogens is 3. The van der Waals surface area contributed by atoms with Gasteiger partial charge in [0.05, 0.1) is 12.4 Å². The van der Waals surface area contributed by atoms with Crippen molar-refractivity contribution >= 4 is 70.0 Å². The third-order valence-corrected chi connectivity index (χ3v) is 12.7. The summed E-state index contributed by atoms with van der Waals surface area (Å²) in [6.45, 7) is 12.0. The van der Waals surface area contributed by atoms with E-state index >= 15 is 0 Å². The molecule has 4 aromatic rings. The van der Waals surface area contributed by atoms with Crippen LogP contribution in [0.3, 0.4) is 0 Å². The number of aromatic amines is 2. The minimum atomic E-state index is -1.34. The van der Waals surface area contributed by atoms with Crippen LogP contribution in [0.4, 0.5) is 0 Å². The Morgan fingerprint density at radius 2 is 1.14 bits per heavy atom. The molecule has 0 fully saturated rings. The molecule has 24 heteroatoms. The normalized spacial score (nSPS) is 14.4. The van der Waals surface area contributed by atoms with Gasteiger partial charge in [0, 0.05) is 61.2 Å². The van der Waals surface area contributed by atoms with Crippen LogP contribution in [0.1, 0.15) is 97.4 Å². The number of rotatable bonds is 32. The van der Waals surface area contributed by atoms with Crippen LogP contribution in [0.15, 0.2) is 73.3 Å². The maximum absolute atomic E-state index is 14.2. The second kappa shape index (κ2) is 30.6. The van der Waals surface area contributed by atoms with Gasteiger partial charge in [0.15, 0.2) is 0 Å². The van der Waals surface area contributed by atoms with E-state index in [1.165, 1.54) is 19.4 Å². The predicted octanol–water partition coefficient (Wildman–Crippen LogP) is -0.335. The Kier molecular flexibility index (Phi) is 24.4. The van der Waals surface area contributed by atoms with Crippen molar-refractivity contribution in [2.75, 3.05) is 6.54 Å². The van der Waals surface area contributed by atoms with E-state index in [0.717, 1.165) is 16.5 Å². The predicted molar refractivity (Wildman–Crippen MR) is 291 cm³/mol. The van der Waals surface area contributed by atoms with Gasteiger partial charge in [0.25, 0.3) is 0 Å². The molecule has 2 aromatic carbocycles. The Balaban J connectivity index is 1.42. The minimum absolute atomic E-state index is 0.0358. The monoisotopic (exact) mass is 1080 g/mol. The van der Waals surface area contributed by atoms with Crippen LogP contribution in [0, 0.1) is 17.8 Å². The number of carbonyl (C=O) groups excluding carboxylic acids is 10. The number of nitrogens with zero attached hydrogens (tertiary/aromatic N) is 1. The van der Waals surface area contributed by atoms with Crippen LogP contribution in [0.2, 0.25) is 0 Å². The lowest BCUT2D eigenvalue weighted by molar-refractivity contribution is -0.135. The van der Waals surface area contributed by atoms with Crippen LogP contribution in [-0.2, 0) is 67.2 Å². The highest BCUT2D eigenvalue weighted by atomic mass is 16.2. The highest BCUT2D eigenvalue weighted by Crippen LogP contribution is 2.20. The molecule has 0 saturated carbocycles. The summed E-state index contributed by atoms with van der Waals surface area (Å²) in [5.74, 6) is -7.57. The number of primary amides is 2. The van der Waals surface area contributed by atoms with Gasteiger partial charge in [0.2, 0.25) is 59.1 Å². The summed E-state index contributed by atoms with van der Waals surface area (Å²) in [4.78, 5) is 144. The Labute approximate surface area is 453 Å². The number of para-hydroxylation sites is 1. The molecule has 0 aliphatic heterocycles. The zero-order chi connectivity index (χ0) is 57.6. The fraction of sp³-hybridized carbons (Fsp3) is 0.500. The highest BCUT2D eigenvalue weighted by molar-refractivity contribution is 5.97. The number of nitrogens with one attached hydrogen (secondary N) is 10. The Morgan fingerprint density at radius 3 is 1.77 bits per heavy atom. The number of fused-ring (bicyclic) bond motifs is 1. The van der Waals surface area contributed by atoms with E-state index in [0.29, 0.717) is 17.7 Å². The molecule has 2 heterocycles. The van der Waals surface area contributed by atoms with Crippen molar-refractivity contribution in [3.8, 4) is 0 Å². The lowest BCUT2D eigenvalue weighted by Gasteiger charge is -2.27. The zero-order valence-electron chi connectivity index (χ0n) is 45.4. The second-order valence-corrected chi connectivity index (χ2v) is 20.7. The van der Waals surface area contributed by atoms with Gasteiger partial charge in [-0.3, -0.25) is 47.9 Å². The number of benzene rings is 2. The van der Waals surface area contributed by atoms with Crippen molar-refractivity contribution in [1.82, 2.24) is 57.5 Å². The van der Waals surface area contributed by atoms with Crippen molar-refractivity contribution in [2.24, 2.45) is 35.0 Å². The topological polar surface area (TPSA) is 389 Å². The molecule has 0 saturated heterocycles. The van der Waals surface area contributed by atoms with Crippen molar-refractivity contribution in [3.63, 3.8) is 0 Å². The van der Waals surface area contributed by atoms with Crippen LogP contribution in [0.5, 0.6) is 0 Å². The molecule has 78 heavy (non-hydrogen) atoms. The maximum atomic E-state index is 14.2. The molecule has 8 atom stereocenters. The quantitative estimate of drug-likeness (QED) is 0.0299. The number of imidazole rings is 1. The van der Waals surface area contributed by atoms with Gasteiger partial charge in [-0.05, 0) is 67.6 Å². The summed E-state index contributed by atoms with van der Waals surface area (Å²) >= 11 is 0. The molecule has 8 unspecified atom stereocenters. The largest absolute Gasteiger partial charge is 0.370 e. The van der Waals surface area contributed by atoms with Crippen LogP contribution < -0.4 is 59.7 Å². The summed E-state index contributed by atoms with van der Waals surface area (Å²) in [5, 5.41) is 22.1. The average Bonchev–Trinajstić information content (AvgIpc) is 4.05. The second-order valence-electron chi connectivity index (χ2n) is 20.7. The molecule has 2 aromatic heterocycles. The SMILES string of the molecule is CC(C)CC(NC(=O)C(CC(C)C)NC(=O)C(Cc1cnc[nH]1)NC(=O)CCNC(=O)C(NC(=O)C(C)NC(=O)C(Cc1c[nH]c2ccccc12)NC(=O)C(CCC(N)=O)NC(=O)C(N)Cc1ccccc1)C(C)C)C(N)=O. The van der Waals surface area contributed by atoms with E-state index in [1.807, 2.05) is 52.0 Å². The van der Waals surface area contributed by atoms with E-state index in [-0.39, 0.29) is 63.3 Å². The molecule has 24 nitrogen and oxygen atoms in total. The molecule has 4 rings (SSSR count). The average molecular weight is 1080 g/mol. The van der Waals surface area contributed by atoms with Gasteiger partial charge in [0.1, 0.15) is 42.3 Å². The molecule has 10 amide bonds. The van der Waals surface area contributed by atoms with Gasteiger partial charge in [-0.2, -0.15) is 0 Å². The number of nitrogens with two attached hydrogens (primary N) is 3. The Morgan fingerprint density at radius 1 is 0.564 bits per heavy atom. The maximum Gasteiger partial charge on any atom is 0.243 e. The van der Waals surface area contributed by atoms with Gasteiger partial charge in [-0.25, -0.2) is 4.98 Å². The van der Waals surface area contributed by atoms with Crippen molar-refractivity contribution < 1.29 is 47.9 Å². The molecular formula is C54H78N14O10. The molecule has 0 spiro atoms. The van der Waals surface area contributed by atoms with Crippen LogP contribution in [-0.4, -0.2) is 129 Å². The molecular weight excluding hydrogens is 1000 g/mol. The number of carbonyl (C=O) groups is 10. The number of hydrogen-bond acceptors (Lipinski definition) is 12. The zero-order valence-corrected chi connectivity index (χ0v) is 45.4. The summed E-state index contributed by atoms with van der Waals surface area (Å²) in [6, 6.07) is 6.88. The third-order valence-electron chi connectivity index (χ3n) is 12.7. The lowest BCUT2D eigenvalue weighted by atomic mass is 9.99. The molecule has 0 aliphatic rings. The third kappa shape index (κ3) is 20.4. The van der Waals surface area contributed by atoms with Gasteiger partial charge < -0.3 is 69.7 Å². The van der Waals surface area contributed by atoms with E-state index in [9.17, 15) is 47.9 Å². The fourth-order valence-corrected chi connectivity index (χ4v) is 8.46. The molecule has 16 N–H and O–H groups in total. The summed E-state index contributed by atoms with van der Waals surface area (Å²) in [5.41, 5.74) is 19.9. The lowest BCUT2D eigenvalue weighted by Crippen LogP contribution is -2.59. The number of amides is 10. The highest BCUT2D eigenvalue weighted by Gasteiger charge is 2.34. The molecule has 0 radical (unpaired) electrons. The smallest absolute Gasteiger partial charge is 0.243 e. The van der Waals surface area contributed by atoms with Gasteiger partial charge in [-0.15, -0.1) is 0 Å². The van der Waals surface area contributed by atoms with E-state index in [1.54, 1.807) is 50.4 Å². The van der Waals surface area contributed by atoms with Gasteiger partial charge in [-0.1, -0.05) is 90.1 Å². The summed E-state index contributed by atoms with van der Waals surface area (Å²) < 4.78 is 0. The standard InChI is InChI=1S/C54H78N14O10/c1-29(2)21-40(47(57)71)65-52(76)41(22-30(3)4)66-53(77)43(25-35-27-58-28-61-35)63-45(70)19-20-59-54(78)46(31(5)6)68-48(72)32(7)62-51(75)42(24-34-26-60-38-16-12-11-15-36(34)38)67-50(74)39(17-18-44(56)69)64-49(73)37(55)23-33-13-9-8-10-14-33/h8-16,26-32,37,39-43,46,60H,17-25,55H2,1-7H3,(H2,56,69)(H2,57,71)(H,58,61)(H,59,78)(H,62,75)(H,63,70)(H,64,73)(H,65,76)(H,66,77)(H,67,74)(H,68,72). The van der Waals surface area contributed by atoms with Crippen LogP contribution >= 0.6 is 0 Å². The van der Waals surface area contributed by atoms with E-state index in [4.69, 9.17) is 17.2 Å². The molecule has 0 aliphatic carbocycles. The first-order valence-electron chi connectivity index (χ1n) is 26.2. The Hall–Kier alpha value is -8.15. The first-order chi connectivity index (χ1) is 36.9. The summed E-state index contributed by atoms with van der Waals surface area (Å²) in [6.07, 6.45) is 4.31. The number of H-pyrrole nitrogens is 2. The number of hydrogen-bond donors (Lipinski definition) is 13. The minimum Gasteiger partial charge on any atom is -0.370 e. The summed E-state index contributed by atoms with van der Waals surface area (Å²) in [7, 11) is 0. The van der Waals surface area contributed by atoms with Crippen LogP contribution in [0.25, 0.3) is 10.9 Å². The molecule has 424 valence electrons. The first kappa shape index (κ1) is 62.4. The van der Waals surface area contributed by atoms with Gasteiger partial charge >= 0.3 is 0 Å². The Bertz CT molecular complexity index is 2670. The van der Waals surface area contributed by atoms with E-state index < -0.39 is 113 Å². The molecule has 0 bridgehead atoms. The van der Waals surface area contributed by atoms with E-state index in [2.05, 4.69) is 57.5 Å².